The number of quaternary nitrogens is 1. The number of ether oxygens (including phenoxy) is 4. The topological polar surface area (TPSA) is 106 Å². The summed E-state index contributed by atoms with van der Waals surface area (Å²) in [6, 6.07) is 28.9. The van der Waals surface area contributed by atoms with E-state index >= 15 is 0 Å². The van der Waals surface area contributed by atoms with Gasteiger partial charge < -0.3 is 23.5 Å². The number of aromatic nitrogens is 2. The third-order valence-electron chi connectivity index (χ3n) is 9.21. The van der Waals surface area contributed by atoms with Gasteiger partial charge in [-0.25, -0.2) is 4.79 Å². The molecule has 6 rings (SSSR count). The van der Waals surface area contributed by atoms with E-state index in [9.17, 15) is 14.4 Å². The molecule has 0 radical (unpaired) electrons. The van der Waals surface area contributed by atoms with Crippen molar-refractivity contribution in [2.24, 2.45) is 0 Å². The van der Waals surface area contributed by atoms with E-state index in [1.807, 2.05) is 67.7 Å². The summed E-state index contributed by atoms with van der Waals surface area (Å²) in [4.78, 5) is 42.9. The van der Waals surface area contributed by atoms with Crippen molar-refractivity contribution in [1.29, 1.82) is 0 Å². The SMILES string of the molecule is Cc1ccc2c(c1)c1c(n2CCc2ccc(C)nc2)CC[N+](C)(COC(=O)OC(COC(=O)Cc2ccccc2)OC(=O)Cc2ccccc2)C1. The third kappa shape index (κ3) is 9.40. The van der Waals surface area contributed by atoms with Gasteiger partial charge in [0.1, 0.15) is 6.54 Å². The van der Waals surface area contributed by atoms with Crippen molar-refractivity contribution in [3.05, 3.63) is 136 Å². The van der Waals surface area contributed by atoms with E-state index in [1.54, 1.807) is 12.1 Å². The van der Waals surface area contributed by atoms with E-state index in [2.05, 4.69) is 47.8 Å². The lowest BCUT2D eigenvalue weighted by atomic mass is 10.0. The first kappa shape index (κ1) is 35.3. The van der Waals surface area contributed by atoms with E-state index in [-0.39, 0.29) is 19.6 Å². The Morgan fingerprint density at radius 2 is 1.53 bits per heavy atom. The molecule has 1 aliphatic rings. The van der Waals surface area contributed by atoms with Gasteiger partial charge in [-0.15, -0.1) is 0 Å². The van der Waals surface area contributed by atoms with Crippen molar-refractivity contribution in [1.82, 2.24) is 9.55 Å². The van der Waals surface area contributed by atoms with Gasteiger partial charge in [0, 0.05) is 47.0 Å². The van der Waals surface area contributed by atoms with Crippen molar-refractivity contribution in [2.45, 2.75) is 58.9 Å². The Kier molecular flexibility index (Phi) is 11.1. The molecule has 0 saturated heterocycles. The number of fused-ring (bicyclic) bond motifs is 3. The zero-order chi connectivity index (χ0) is 35.8. The first-order valence-corrected chi connectivity index (χ1v) is 17.3. The molecule has 3 heterocycles. The van der Waals surface area contributed by atoms with Crippen LogP contribution in [0.2, 0.25) is 0 Å². The smallest absolute Gasteiger partial charge is 0.457 e. The number of pyridine rings is 1. The number of benzene rings is 3. The zero-order valence-corrected chi connectivity index (χ0v) is 29.4. The van der Waals surface area contributed by atoms with Crippen LogP contribution in [0, 0.1) is 13.8 Å². The second kappa shape index (κ2) is 16.0. The lowest BCUT2D eigenvalue weighted by Crippen LogP contribution is -2.49. The molecule has 0 saturated carbocycles. The molecule has 264 valence electrons. The van der Waals surface area contributed by atoms with Gasteiger partial charge in [0.25, 0.3) is 6.29 Å². The fourth-order valence-electron chi connectivity index (χ4n) is 6.51. The number of likely N-dealkylation sites (N-methyl/N-ethyl adjacent to an activating group) is 1. The summed E-state index contributed by atoms with van der Waals surface area (Å²) >= 11 is 0. The van der Waals surface area contributed by atoms with E-state index in [4.69, 9.17) is 18.9 Å². The number of rotatable bonds is 13. The highest BCUT2D eigenvalue weighted by Gasteiger charge is 2.35. The van der Waals surface area contributed by atoms with Crippen LogP contribution in [0.25, 0.3) is 10.9 Å². The van der Waals surface area contributed by atoms with Crippen molar-refractivity contribution in [2.75, 3.05) is 26.9 Å². The first-order chi connectivity index (χ1) is 24.6. The molecular weight excluding hydrogens is 646 g/mol. The monoisotopic (exact) mass is 690 g/mol. The highest BCUT2D eigenvalue weighted by Crippen LogP contribution is 2.34. The van der Waals surface area contributed by atoms with Gasteiger partial charge in [-0.2, -0.15) is 0 Å². The summed E-state index contributed by atoms with van der Waals surface area (Å²) in [5.41, 5.74) is 8.63. The highest BCUT2D eigenvalue weighted by atomic mass is 16.8. The van der Waals surface area contributed by atoms with Gasteiger partial charge in [0.05, 0.1) is 26.4 Å². The van der Waals surface area contributed by atoms with Crippen LogP contribution < -0.4 is 0 Å². The predicted octanol–water partition coefficient (Wildman–Crippen LogP) is 6.41. The van der Waals surface area contributed by atoms with Crippen LogP contribution in [0.5, 0.6) is 0 Å². The fraction of sp³-hybridized carbons (Fsp3) is 0.317. The summed E-state index contributed by atoms with van der Waals surface area (Å²) in [7, 11) is 2.05. The molecule has 51 heavy (non-hydrogen) atoms. The lowest BCUT2D eigenvalue weighted by molar-refractivity contribution is -0.940. The third-order valence-corrected chi connectivity index (χ3v) is 9.21. The van der Waals surface area contributed by atoms with Crippen LogP contribution in [0.3, 0.4) is 0 Å². The molecule has 0 aliphatic carbocycles. The van der Waals surface area contributed by atoms with Gasteiger partial charge in [-0.1, -0.05) is 78.4 Å². The first-order valence-electron chi connectivity index (χ1n) is 17.3. The maximum atomic E-state index is 13.1. The molecule has 2 unspecified atom stereocenters. The molecule has 0 fully saturated rings. The number of hydrogen-bond donors (Lipinski definition) is 0. The number of carbonyl (C=O) groups excluding carboxylic acids is 3. The van der Waals surface area contributed by atoms with Gasteiger partial charge in [0.2, 0.25) is 6.73 Å². The van der Waals surface area contributed by atoms with Crippen LogP contribution in [-0.4, -0.2) is 65.3 Å². The maximum absolute atomic E-state index is 13.1. The van der Waals surface area contributed by atoms with Gasteiger partial charge in [0.15, 0.2) is 6.61 Å². The van der Waals surface area contributed by atoms with Crippen LogP contribution in [0.4, 0.5) is 4.79 Å². The Morgan fingerprint density at radius 3 is 2.22 bits per heavy atom. The average Bonchev–Trinajstić information content (AvgIpc) is 3.41. The molecule has 0 bridgehead atoms. The molecule has 0 N–H and O–H groups in total. The number of aryl methyl sites for hydroxylation is 4. The van der Waals surface area contributed by atoms with E-state index < -0.39 is 31.0 Å². The lowest BCUT2D eigenvalue weighted by Gasteiger charge is -2.37. The summed E-state index contributed by atoms with van der Waals surface area (Å²) in [6.45, 7) is 5.92. The van der Waals surface area contributed by atoms with Crippen molar-refractivity contribution in [3.63, 3.8) is 0 Å². The molecule has 2 aromatic heterocycles. The normalized spacial score (nSPS) is 15.8. The molecule has 3 aromatic carbocycles. The van der Waals surface area contributed by atoms with Crippen molar-refractivity contribution in [3.8, 4) is 0 Å². The predicted molar refractivity (Wildman–Crippen MR) is 191 cm³/mol. The summed E-state index contributed by atoms with van der Waals surface area (Å²) in [5.74, 6) is -1.18. The molecule has 0 spiro atoms. The minimum atomic E-state index is -1.48. The molecule has 2 atom stereocenters. The molecule has 10 nitrogen and oxygen atoms in total. The molecule has 5 aromatic rings. The quantitative estimate of drug-likeness (QED) is 0.0605. The van der Waals surface area contributed by atoms with Crippen LogP contribution >= 0.6 is 0 Å². The molecule has 10 heteroatoms. The number of carbonyl (C=O) groups is 3. The maximum Gasteiger partial charge on any atom is 0.515 e. The standard InChI is InChI=1S/C41H44N3O7/c1-29-14-17-36-34(22-29)35-26-44(3,21-19-37(35)43(36)20-18-33-16-15-30(2)42-25-33)28-49-41(47)51-40(50-39(46)24-32-12-8-5-9-13-32)27-48-38(45)23-31-10-6-4-7-11-31/h4-17,22,25,40H,18-21,23-24,26-28H2,1-3H3/q+1. The molecule has 0 amide bonds. The Labute approximate surface area is 298 Å². The number of nitrogens with zero attached hydrogens (tertiary/aromatic N) is 3. The van der Waals surface area contributed by atoms with Crippen LogP contribution in [0.15, 0.2) is 97.2 Å². The van der Waals surface area contributed by atoms with Crippen LogP contribution in [-0.2, 0) is 67.3 Å². The minimum absolute atomic E-state index is 0.0207. The number of hydrogen-bond acceptors (Lipinski definition) is 8. The Balaban J connectivity index is 1.10. The van der Waals surface area contributed by atoms with Gasteiger partial charge in [-0.05, 0) is 55.2 Å². The second-order valence-corrected chi connectivity index (χ2v) is 13.5. The van der Waals surface area contributed by atoms with Crippen LogP contribution in [0.1, 0.15) is 39.2 Å². The van der Waals surface area contributed by atoms with Crippen molar-refractivity contribution < 1.29 is 37.8 Å². The molecule has 1 aliphatic heterocycles. The average molecular weight is 691 g/mol. The van der Waals surface area contributed by atoms with E-state index in [1.165, 1.54) is 33.3 Å². The van der Waals surface area contributed by atoms with Gasteiger partial charge >= 0.3 is 18.1 Å². The molecular formula is C41H44N3O7+. The zero-order valence-electron chi connectivity index (χ0n) is 29.4. The highest BCUT2D eigenvalue weighted by molar-refractivity contribution is 5.86. The summed E-state index contributed by atoms with van der Waals surface area (Å²) in [5, 5.41) is 1.21. The Bertz CT molecular complexity index is 1980. The van der Waals surface area contributed by atoms with Gasteiger partial charge in [-0.3, -0.25) is 19.1 Å². The Morgan fingerprint density at radius 1 is 0.824 bits per heavy atom. The fourth-order valence-corrected chi connectivity index (χ4v) is 6.51. The number of esters is 2. The Hall–Kier alpha value is -5.48. The summed E-state index contributed by atoms with van der Waals surface area (Å²) < 4.78 is 24.8. The van der Waals surface area contributed by atoms with E-state index in [0.717, 1.165) is 42.8 Å². The largest absolute Gasteiger partial charge is 0.515 e. The minimum Gasteiger partial charge on any atom is -0.457 e. The van der Waals surface area contributed by atoms with E-state index in [0.29, 0.717) is 11.0 Å². The van der Waals surface area contributed by atoms with Crippen molar-refractivity contribution >= 4 is 29.0 Å². The summed E-state index contributed by atoms with van der Waals surface area (Å²) in [6.07, 6.45) is 1.12. The second-order valence-electron chi connectivity index (χ2n) is 13.5.